The largest absolute Gasteiger partial charge is 0.366 e. The molecule has 0 saturated carbocycles. The Balaban J connectivity index is 4.01. The van der Waals surface area contributed by atoms with Crippen LogP contribution in [-0.2, 0) is 0 Å². The highest BCUT2D eigenvalue weighted by molar-refractivity contribution is 7.80. The first kappa shape index (κ1) is 10.6. The number of alkyl halides is 2. The van der Waals surface area contributed by atoms with Crippen LogP contribution in [0.3, 0.4) is 0 Å². The van der Waals surface area contributed by atoms with Crippen molar-refractivity contribution in [2.24, 2.45) is 0 Å². The number of hydrogen-bond donors (Lipinski definition) is 2. The monoisotopic (exact) mass is 182 g/mol. The molecule has 0 spiro atoms. The lowest BCUT2D eigenvalue weighted by atomic mass is 10.1. The lowest BCUT2D eigenvalue weighted by Gasteiger charge is -2.26. The molecule has 0 saturated heterocycles. The van der Waals surface area contributed by atoms with E-state index in [0.29, 0.717) is 0 Å². The molecule has 0 radical (unpaired) electrons. The first-order valence-corrected chi connectivity index (χ1v) is 3.59. The van der Waals surface area contributed by atoms with E-state index < -0.39 is 12.0 Å². The van der Waals surface area contributed by atoms with Crippen molar-refractivity contribution in [1.29, 1.82) is 0 Å². The van der Waals surface area contributed by atoms with Crippen LogP contribution in [0.2, 0.25) is 0 Å². The normalized spacial score (nSPS) is 11.5. The average molecular weight is 182 g/mol. The molecule has 0 amide bonds. The van der Waals surface area contributed by atoms with Crippen molar-refractivity contribution in [3.63, 3.8) is 0 Å². The van der Waals surface area contributed by atoms with Crippen LogP contribution in [0.5, 0.6) is 0 Å². The van der Waals surface area contributed by atoms with Gasteiger partial charge in [-0.05, 0) is 26.1 Å². The SMILES string of the molecule is CNC(=S)NC(C)(C)C(F)F. The fraction of sp³-hybridized carbons (Fsp3) is 0.833. The Morgan fingerprint density at radius 1 is 1.45 bits per heavy atom. The van der Waals surface area contributed by atoms with Crippen LogP contribution in [0.4, 0.5) is 8.78 Å². The molecule has 0 atom stereocenters. The van der Waals surface area contributed by atoms with Crippen LogP contribution < -0.4 is 10.6 Å². The van der Waals surface area contributed by atoms with Gasteiger partial charge in [-0.25, -0.2) is 8.78 Å². The van der Waals surface area contributed by atoms with E-state index in [4.69, 9.17) is 0 Å². The molecule has 0 bridgehead atoms. The maximum Gasteiger partial charge on any atom is 0.260 e. The third kappa shape index (κ3) is 3.46. The number of rotatable bonds is 2. The van der Waals surface area contributed by atoms with Crippen LogP contribution in [-0.4, -0.2) is 24.1 Å². The summed E-state index contributed by atoms with van der Waals surface area (Å²) >= 11 is 4.67. The van der Waals surface area contributed by atoms with Gasteiger partial charge in [0.2, 0.25) is 0 Å². The third-order valence-electron chi connectivity index (χ3n) is 1.21. The summed E-state index contributed by atoms with van der Waals surface area (Å²) in [7, 11) is 1.58. The summed E-state index contributed by atoms with van der Waals surface area (Å²) in [6, 6.07) is 0. The van der Waals surface area contributed by atoms with Gasteiger partial charge in [0, 0.05) is 7.05 Å². The fourth-order valence-corrected chi connectivity index (χ4v) is 0.673. The summed E-state index contributed by atoms with van der Waals surface area (Å²) in [6.07, 6.45) is -2.44. The number of halogens is 2. The van der Waals surface area contributed by atoms with E-state index in [9.17, 15) is 8.78 Å². The van der Waals surface area contributed by atoms with E-state index in [0.717, 1.165) is 0 Å². The number of thiocarbonyl (C=S) groups is 1. The summed E-state index contributed by atoms with van der Waals surface area (Å²) in [6.45, 7) is 2.78. The Kier molecular flexibility index (Phi) is 3.65. The van der Waals surface area contributed by atoms with Gasteiger partial charge < -0.3 is 10.6 Å². The fourth-order valence-electron chi connectivity index (χ4n) is 0.410. The zero-order chi connectivity index (χ0) is 9.07. The van der Waals surface area contributed by atoms with Gasteiger partial charge >= 0.3 is 0 Å². The van der Waals surface area contributed by atoms with Crippen molar-refractivity contribution < 1.29 is 8.78 Å². The highest BCUT2D eigenvalue weighted by Gasteiger charge is 2.29. The molecular weight excluding hydrogens is 170 g/mol. The minimum atomic E-state index is -2.44. The van der Waals surface area contributed by atoms with Crippen molar-refractivity contribution in [1.82, 2.24) is 10.6 Å². The van der Waals surface area contributed by atoms with Gasteiger partial charge in [0.25, 0.3) is 6.43 Å². The first-order valence-electron chi connectivity index (χ1n) is 3.18. The van der Waals surface area contributed by atoms with E-state index >= 15 is 0 Å². The summed E-state index contributed by atoms with van der Waals surface area (Å²) in [5.74, 6) is 0. The van der Waals surface area contributed by atoms with Gasteiger partial charge in [-0.3, -0.25) is 0 Å². The minimum Gasteiger partial charge on any atom is -0.366 e. The molecule has 5 heteroatoms. The molecule has 0 heterocycles. The molecular formula is C6H12F2N2S. The Labute approximate surface area is 70.4 Å². The van der Waals surface area contributed by atoms with E-state index in [1.165, 1.54) is 13.8 Å². The topological polar surface area (TPSA) is 24.1 Å². The lowest BCUT2D eigenvalue weighted by Crippen LogP contribution is -2.51. The molecule has 0 aromatic rings. The van der Waals surface area contributed by atoms with Crippen molar-refractivity contribution >= 4 is 17.3 Å². The van der Waals surface area contributed by atoms with Gasteiger partial charge in [0.05, 0.1) is 5.54 Å². The van der Waals surface area contributed by atoms with Crippen molar-refractivity contribution in [2.45, 2.75) is 25.8 Å². The zero-order valence-electron chi connectivity index (χ0n) is 6.74. The first-order chi connectivity index (χ1) is 4.90. The Hall–Kier alpha value is -0.450. The van der Waals surface area contributed by atoms with Crippen LogP contribution in [0.15, 0.2) is 0 Å². The van der Waals surface area contributed by atoms with Crippen LogP contribution >= 0.6 is 12.2 Å². The maximum absolute atomic E-state index is 12.2. The summed E-state index contributed by atoms with van der Waals surface area (Å²) in [5.41, 5.74) is -1.26. The van der Waals surface area contributed by atoms with Gasteiger partial charge in [-0.1, -0.05) is 0 Å². The molecule has 0 aromatic heterocycles. The molecule has 0 rings (SSSR count). The molecule has 66 valence electrons. The predicted molar refractivity (Wildman–Crippen MR) is 44.9 cm³/mol. The Bertz CT molecular complexity index is 148. The van der Waals surface area contributed by atoms with Crippen molar-refractivity contribution in [2.75, 3.05) is 7.05 Å². The molecule has 0 aromatic carbocycles. The number of hydrogen-bond acceptors (Lipinski definition) is 1. The summed E-state index contributed by atoms with van der Waals surface area (Å²) < 4.78 is 24.3. The van der Waals surface area contributed by atoms with Gasteiger partial charge in [-0.15, -0.1) is 0 Å². The van der Waals surface area contributed by atoms with Gasteiger partial charge in [-0.2, -0.15) is 0 Å². The van der Waals surface area contributed by atoms with Crippen molar-refractivity contribution in [3.05, 3.63) is 0 Å². The second-order valence-corrected chi connectivity index (χ2v) is 3.13. The molecule has 0 aliphatic heterocycles. The second kappa shape index (κ2) is 3.80. The quantitative estimate of drug-likeness (QED) is 0.626. The highest BCUT2D eigenvalue weighted by Crippen LogP contribution is 2.13. The van der Waals surface area contributed by atoms with E-state index in [1.54, 1.807) is 7.05 Å². The molecule has 0 unspecified atom stereocenters. The molecule has 2 N–H and O–H groups in total. The Morgan fingerprint density at radius 2 is 1.91 bits per heavy atom. The third-order valence-corrected chi connectivity index (χ3v) is 1.51. The molecule has 2 nitrogen and oxygen atoms in total. The summed E-state index contributed by atoms with van der Waals surface area (Å²) in [5, 5.41) is 5.27. The van der Waals surface area contributed by atoms with Gasteiger partial charge in [0.15, 0.2) is 5.11 Å². The minimum absolute atomic E-state index is 0.232. The standard InChI is InChI=1S/C6H12F2N2S/c1-6(2,4(7)8)10-5(11)9-3/h4H,1-3H3,(H2,9,10,11). The lowest BCUT2D eigenvalue weighted by molar-refractivity contribution is 0.0624. The van der Waals surface area contributed by atoms with Crippen LogP contribution in [0.1, 0.15) is 13.8 Å². The Morgan fingerprint density at radius 3 is 2.18 bits per heavy atom. The predicted octanol–water partition coefficient (Wildman–Crippen LogP) is 1.12. The second-order valence-electron chi connectivity index (χ2n) is 2.73. The van der Waals surface area contributed by atoms with E-state index in [2.05, 4.69) is 22.9 Å². The van der Waals surface area contributed by atoms with E-state index in [1.807, 2.05) is 0 Å². The van der Waals surface area contributed by atoms with Gasteiger partial charge in [0.1, 0.15) is 0 Å². The molecule has 0 aliphatic rings. The average Bonchev–Trinajstić information content (AvgIpc) is 1.86. The maximum atomic E-state index is 12.2. The smallest absolute Gasteiger partial charge is 0.260 e. The van der Waals surface area contributed by atoms with Crippen molar-refractivity contribution in [3.8, 4) is 0 Å². The van der Waals surface area contributed by atoms with Crippen LogP contribution in [0, 0.1) is 0 Å². The van der Waals surface area contributed by atoms with Crippen LogP contribution in [0.25, 0.3) is 0 Å². The molecule has 11 heavy (non-hydrogen) atoms. The molecule has 0 aliphatic carbocycles. The number of nitrogens with one attached hydrogen (secondary N) is 2. The zero-order valence-corrected chi connectivity index (χ0v) is 7.56. The summed E-state index contributed by atoms with van der Waals surface area (Å²) in [4.78, 5) is 0. The molecule has 0 fully saturated rings. The highest BCUT2D eigenvalue weighted by atomic mass is 32.1. The van der Waals surface area contributed by atoms with E-state index in [-0.39, 0.29) is 5.11 Å².